The standard InChI is InChI=1S/C7H5BrClF2NO/c8-3-1-5(13)4(2-9)12-6(3)7(10)11/h1,7,13H,2H2. The summed E-state index contributed by atoms with van der Waals surface area (Å²) in [5.41, 5.74) is -0.353. The van der Waals surface area contributed by atoms with E-state index in [-0.39, 0.29) is 21.8 Å². The zero-order valence-corrected chi connectivity index (χ0v) is 8.61. The number of alkyl halides is 3. The van der Waals surface area contributed by atoms with Crippen molar-refractivity contribution in [3.05, 3.63) is 21.9 Å². The van der Waals surface area contributed by atoms with Gasteiger partial charge in [0.25, 0.3) is 6.43 Å². The van der Waals surface area contributed by atoms with Crippen molar-refractivity contribution in [3.8, 4) is 5.75 Å². The Hall–Kier alpha value is -0.420. The summed E-state index contributed by atoms with van der Waals surface area (Å²) in [6.45, 7) is 0. The number of hydrogen-bond donors (Lipinski definition) is 1. The fourth-order valence-electron chi connectivity index (χ4n) is 0.785. The monoisotopic (exact) mass is 271 g/mol. The number of aromatic nitrogens is 1. The third-order valence-corrected chi connectivity index (χ3v) is 2.28. The Bertz CT molecular complexity index is 322. The molecule has 0 aliphatic carbocycles. The topological polar surface area (TPSA) is 33.1 Å². The predicted molar refractivity (Wildman–Crippen MR) is 48.1 cm³/mol. The Labute approximate surface area is 86.7 Å². The Kier molecular flexibility index (Phi) is 3.44. The van der Waals surface area contributed by atoms with E-state index >= 15 is 0 Å². The highest BCUT2D eigenvalue weighted by Crippen LogP contribution is 2.30. The molecule has 0 unspecified atom stereocenters. The molecule has 0 radical (unpaired) electrons. The van der Waals surface area contributed by atoms with Crippen LogP contribution < -0.4 is 0 Å². The second kappa shape index (κ2) is 4.19. The molecule has 0 atom stereocenters. The van der Waals surface area contributed by atoms with Gasteiger partial charge in [0.05, 0.1) is 11.6 Å². The van der Waals surface area contributed by atoms with Gasteiger partial charge in [-0.1, -0.05) is 0 Å². The van der Waals surface area contributed by atoms with Crippen LogP contribution in [-0.2, 0) is 5.88 Å². The minimum absolute atomic E-state index is 0.0557. The van der Waals surface area contributed by atoms with Crippen molar-refractivity contribution >= 4 is 27.5 Å². The maximum Gasteiger partial charge on any atom is 0.281 e. The SMILES string of the molecule is Oc1cc(Br)c(C(F)F)nc1CCl. The molecule has 13 heavy (non-hydrogen) atoms. The van der Waals surface area contributed by atoms with Crippen LogP contribution >= 0.6 is 27.5 Å². The third-order valence-electron chi connectivity index (χ3n) is 1.39. The highest BCUT2D eigenvalue weighted by Gasteiger charge is 2.16. The number of halogens is 4. The van der Waals surface area contributed by atoms with E-state index in [2.05, 4.69) is 20.9 Å². The van der Waals surface area contributed by atoms with E-state index in [1.165, 1.54) is 0 Å². The smallest absolute Gasteiger partial charge is 0.281 e. The van der Waals surface area contributed by atoms with Crippen molar-refractivity contribution in [1.82, 2.24) is 4.98 Å². The quantitative estimate of drug-likeness (QED) is 0.839. The minimum atomic E-state index is -2.68. The molecular formula is C7H5BrClF2NO. The number of pyridine rings is 1. The van der Waals surface area contributed by atoms with Gasteiger partial charge < -0.3 is 5.11 Å². The summed E-state index contributed by atoms with van der Waals surface area (Å²) in [7, 11) is 0. The molecule has 0 spiro atoms. The highest BCUT2D eigenvalue weighted by atomic mass is 79.9. The van der Waals surface area contributed by atoms with Crippen LogP contribution in [0.25, 0.3) is 0 Å². The summed E-state index contributed by atoms with van der Waals surface area (Å²) in [5.74, 6) is -0.287. The van der Waals surface area contributed by atoms with Gasteiger partial charge in [0.15, 0.2) is 0 Å². The molecule has 0 bridgehead atoms. The normalized spacial score (nSPS) is 10.8. The van der Waals surface area contributed by atoms with Gasteiger partial charge in [-0.15, -0.1) is 11.6 Å². The van der Waals surface area contributed by atoms with Gasteiger partial charge in [0, 0.05) is 4.47 Å². The maximum atomic E-state index is 12.3. The zero-order valence-electron chi connectivity index (χ0n) is 6.27. The van der Waals surface area contributed by atoms with Crippen molar-refractivity contribution in [3.63, 3.8) is 0 Å². The molecule has 0 saturated heterocycles. The summed E-state index contributed by atoms with van der Waals surface area (Å²) in [5, 5.41) is 9.18. The fourth-order valence-corrected chi connectivity index (χ4v) is 1.46. The van der Waals surface area contributed by atoms with Crippen molar-refractivity contribution < 1.29 is 13.9 Å². The first-order chi connectivity index (χ1) is 6.06. The van der Waals surface area contributed by atoms with E-state index in [1.54, 1.807) is 0 Å². The number of aromatic hydroxyl groups is 1. The lowest BCUT2D eigenvalue weighted by atomic mass is 10.3. The van der Waals surface area contributed by atoms with Crippen molar-refractivity contribution in [2.75, 3.05) is 0 Å². The fraction of sp³-hybridized carbons (Fsp3) is 0.286. The molecule has 0 aromatic carbocycles. The van der Waals surface area contributed by atoms with Crippen LogP contribution in [0.3, 0.4) is 0 Å². The largest absolute Gasteiger partial charge is 0.506 e. The van der Waals surface area contributed by atoms with Crippen LogP contribution in [-0.4, -0.2) is 10.1 Å². The Morgan fingerprint density at radius 2 is 2.23 bits per heavy atom. The molecule has 1 N–H and O–H groups in total. The Balaban J connectivity index is 3.22. The second-order valence-corrected chi connectivity index (χ2v) is 3.38. The molecule has 1 rings (SSSR count). The van der Waals surface area contributed by atoms with Gasteiger partial charge in [-0.05, 0) is 22.0 Å². The first kappa shape index (κ1) is 10.7. The van der Waals surface area contributed by atoms with Crippen LogP contribution in [0.1, 0.15) is 17.8 Å². The summed E-state index contributed by atoms with van der Waals surface area (Å²) in [6.07, 6.45) is -2.68. The van der Waals surface area contributed by atoms with E-state index in [9.17, 15) is 13.9 Å². The minimum Gasteiger partial charge on any atom is -0.506 e. The molecule has 6 heteroatoms. The average molecular weight is 272 g/mol. The van der Waals surface area contributed by atoms with Gasteiger partial charge in [-0.25, -0.2) is 13.8 Å². The summed E-state index contributed by atoms with van der Waals surface area (Å²) >= 11 is 8.24. The molecule has 2 nitrogen and oxygen atoms in total. The Morgan fingerprint density at radius 1 is 1.62 bits per heavy atom. The van der Waals surface area contributed by atoms with E-state index in [0.29, 0.717) is 0 Å². The molecule has 72 valence electrons. The second-order valence-electron chi connectivity index (χ2n) is 2.26. The summed E-state index contributed by atoms with van der Waals surface area (Å²) < 4.78 is 24.6. The maximum absolute atomic E-state index is 12.3. The molecule has 0 aliphatic rings. The summed E-state index contributed by atoms with van der Waals surface area (Å²) in [6, 6.07) is 1.16. The van der Waals surface area contributed by atoms with E-state index in [0.717, 1.165) is 6.07 Å². The van der Waals surface area contributed by atoms with Crippen LogP contribution in [0.2, 0.25) is 0 Å². The molecule has 1 heterocycles. The van der Waals surface area contributed by atoms with Gasteiger partial charge in [0.1, 0.15) is 11.4 Å². The molecule has 0 fully saturated rings. The zero-order chi connectivity index (χ0) is 10.0. The number of rotatable bonds is 2. The molecular weight excluding hydrogens is 267 g/mol. The number of nitrogens with zero attached hydrogens (tertiary/aromatic N) is 1. The molecule has 0 amide bonds. The molecule has 1 aromatic rings. The van der Waals surface area contributed by atoms with Gasteiger partial charge in [0.2, 0.25) is 0 Å². The Morgan fingerprint density at radius 3 is 2.69 bits per heavy atom. The molecule has 0 aliphatic heterocycles. The van der Waals surface area contributed by atoms with Crippen LogP contribution in [0.15, 0.2) is 10.5 Å². The van der Waals surface area contributed by atoms with Gasteiger partial charge in [-0.2, -0.15) is 0 Å². The van der Waals surface area contributed by atoms with Crippen molar-refractivity contribution in [2.45, 2.75) is 12.3 Å². The number of hydrogen-bond acceptors (Lipinski definition) is 2. The van der Waals surface area contributed by atoms with Crippen molar-refractivity contribution in [2.24, 2.45) is 0 Å². The summed E-state index contributed by atoms with van der Waals surface area (Å²) in [4.78, 5) is 3.51. The lowest BCUT2D eigenvalue weighted by Gasteiger charge is -2.06. The predicted octanol–water partition coefficient (Wildman–Crippen LogP) is 3.23. The van der Waals surface area contributed by atoms with Crippen LogP contribution in [0, 0.1) is 0 Å². The van der Waals surface area contributed by atoms with Gasteiger partial charge in [-0.3, -0.25) is 0 Å². The van der Waals surface area contributed by atoms with E-state index in [4.69, 9.17) is 11.6 Å². The van der Waals surface area contributed by atoms with Crippen LogP contribution in [0.5, 0.6) is 5.75 Å². The highest BCUT2D eigenvalue weighted by molar-refractivity contribution is 9.10. The first-order valence-electron chi connectivity index (χ1n) is 3.28. The lowest BCUT2D eigenvalue weighted by molar-refractivity contribution is 0.144. The lowest BCUT2D eigenvalue weighted by Crippen LogP contribution is -1.96. The molecule has 0 saturated carbocycles. The molecule has 1 aromatic heterocycles. The van der Waals surface area contributed by atoms with Gasteiger partial charge >= 0.3 is 0 Å². The third kappa shape index (κ3) is 2.28. The first-order valence-corrected chi connectivity index (χ1v) is 4.61. The van der Waals surface area contributed by atoms with E-state index < -0.39 is 12.1 Å². The van der Waals surface area contributed by atoms with Crippen LogP contribution in [0.4, 0.5) is 8.78 Å². The van der Waals surface area contributed by atoms with Crippen molar-refractivity contribution in [1.29, 1.82) is 0 Å². The van der Waals surface area contributed by atoms with E-state index in [1.807, 2.05) is 0 Å². The average Bonchev–Trinajstić information content (AvgIpc) is 2.03.